The first-order chi connectivity index (χ1) is 33.3. The molecule has 6 aliphatic rings. The number of hydrogen-bond acceptors (Lipinski definition) is 10. The van der Waals surface area contributed by atoms with Crippen molar-refractivity contribution in [2.75, 3.05) is 13.1 Å². The van der Waals surface area contributed by atoms with Gasteiger partial charge in [-0.2, -0.15) is 0 Å². The summed E-state index contributed by atoms with van der Waals surface area (Å²) in [6.45, 7) is 30.4. The van der Waals surface area contributed by atoms with Crippen LogP contribution in [0.3, 0.4) is 0 Å². The minimum absolute atomic E-state index is 0.00291. The van der Waals surface area contributed by atoms with Crippen LogP contribution in [0.5, 0.6) is 0 Å². The predicted octanol–water partition coefficient (Wildman–Crippen LogP) is 4.11. The number of Topliss-reactive ketones (excluding diaryl/α,β-unsaturated/α-hetero) is 2. The molecule has 73 heavy (non-hydrogen) atoms. The topological polar surface area (TPSA) is 261 Å². The van der Waals surface area contributed by atoms with Gasteiger partial charge in [0, 0.05) is 24.2 Å². The molecule has 2 aliphatic heterocycles. The van der Waals surface area contributed by atoms with Gasteiger partial charge in [0.15, 0.2) is 0 Å². The molecule has 6 rings (SSSR count). The average Bonchev–Trinajstić information content (AvgIpc) is 3.65. The minimum Gasteiger partial charge on any atom is -0.344 e. The molecule has 0 spiro atoms. The average molecular weight is 1020 g/mol. The molecule has 19 heteroatoms. The summed E-state index contributed by atoms with van der Waals surface area (Å²) in [6, 6.07) is -7.91. The summed E-state index contributed by atoms with van der Waals surface area (Å²) in [6.07, 6.45) is 5.01. The fourth-order valence-electron chi connectivity index (χ4n) is 11.9. The minimum atomic E-state index is -1.39. The molecular weight excluding hydrogens is 935 g/mol. The largest absolute Gasteiger partial charge is 0.344 e. The standard InChI is InChI=1S/C54H87N9O10/c1-49(2,3)39(57-47(72)60-51(7,8)9)45(70)62-25-29-33(53(29,13)14)35(62)41(66)55-31(23-27-19-17-20-27)37(64)43(68)59-44(69)38(65)32(24-28-21-18-22-28)56-42(67)36-34-30(54(34,15)16)26-63(36)46(71)40(50(4,5)6)58-48(73)61-52(10,11)12/h27-36,39-40H,17-26H2,1-16H3,(H,55,66)(H,56,67)(H2,57,60,72)(H2,58,61,73)(H,59,68,69)/t29-,30-,31?,32?,33-,34-,35-,36-,39+,40+/m0/s1. The van der Waals surface area contributed by atoms with Gasteiger partial charge in [0.2, 0.25) is 35.2 Å². The number of nitrogens with one attached hydrogen (secondary N) is 7. The number of piperidine rings is 2. The Morgan fingerprint density at radius 3 is 1.07 bits per heavy atom. The number of nitrogens with zero attached hydrogens (tertiary/aromatic N) is 2. The maximum Gasteiger partial charge on any atom is 0.315 e. The first kappa shape index (κ1) is 57.2. The summed E-state index contributed by atoms with van der Waals surface area (Å²) in [5.74, 6) is -7.81. The van der Waals surface area contributed by atoms with E-state index >= 15 is 0 Å². The van der Waals surface area contributed by atoms with Crippen LogP contribution in [0.2, 0.25) is 0 Å². The number of ketones is 2. The molecule has 10 amide bonds. The molecule has 4 saturated carbocycles. The number of carbonyl (C=O) groups is 10. The van der Waals surface area contributed by atoms with Crippen LogP contribution in [0.25, 0.3) is 0 Å². The Labute approximate surface area is 432 Å². The predicted molar refractivity (Wildman–Crippen MR) is 273 cm³/mol. The van der Waals surface area contributed by atoms with Crippen molar-refractivity contribution in [1.29, 1.82) is 0 Å². The van der Waals surface area contributed by atoms with Crippen LogP contribution in [-0.4, -0.2) is 129 Å². The number of hydrogen-bond donors (Lipinski definition) is 7. The third-order valence-corrected chi connectivity index (χ3v) is 16.8. The lowest BCUT2D eigenvalue weighted by molar-refractivity contribution is -0.148. The highest BCUT2D eigenvalue weighted by atomic mass is 16.2. The molecule has 0 aromatic carbocycles. The number of carbonyl (C=O) groups excluding carboxylic acids is 10. The highest BCUT2D eigenvalue weighted by Gasteiger charge is 2.71. The molecule has 2 heterocycles. The van der Waals surface area contributed by atoms with Crippen LogP contribution in [0, 0.1) is 57.2 Å². The zero-order valence-electron chi connectivity index (χ0n) is 46.5. The first-order valence-corrected chi connectivity index (χ1v) is 26.7. The molecule has 6 fully saturated rings. The van der Waals surface area contributed by atoms with Gasteiger partial charge in [-0.05, 0) is 112 Å². The summed E-state index contributed by atoms with van der Waals surface area (Å²) < 4.78 is 0. The molecule has 19 nitrogen and oxygen atoms in total. The van der Waals surface area contributed by atoms with E-state index in [1.807, 2.05) is 116 Å². The Morgan fingerprint density at radius 2 is 0.808 bits per heavy atom. The molecule has 408 valence electrons. The van der Waals surface area contributed by atoms with Gasteiger partial charge < -0.3 is 41.7 Å². The van der Waals surface area contributed by atoms with E-state index < -0.39 is 117 Å². The molecule has 0 bridgehead atoms. The van der Waals surface area contributed by atoms with Crippen molar-refractivity contribution < 1.29 is 47.9 Å². The maximum absolute atomic E-state index is 14.6. The van der Waals surface area contributed by atoms with Gasteiger partial charge in [-0.3, -0.25) is 43.7 Å². The van der Waals surface area contributed by atoms with E-state index in [9.17, 15) is 47.9 Å². The van der Waals surface area contributed by atoms with Crippen molar-refractivity contribution in [3.05, 3.63) is 0 Å². The van der Waals surface area contributed by atoms with Crippen LogP contribution in [0.4, 0.5) is 9.59 Å². The summed E-state index contributed by atoms with van der Waals surface area (Å²) in [5.41, 5.74) is -3.30. The number of amides is 10. The van der Waals surface area contributed by atoms with Gasteiger partial charge in [-0.1, -0.05) is 108 Å². The summed E-state index contributed by atoms with van der Waals surface area (Å²) >= 11 is 0. The molecule has 0 aromatic heterocycles. The van der Waals surface area contributed by atoms with Crippen molar-refractivity contribution >= 4 is 59.1 Å². The third-order valence-electron chi connectivity index (χ3n) is 16.8. The van der Waals surface area contributed by atoms with Crippen LogP contribution >= 0.6 is 0 Å². The molecule has 10 atom stereocenters. The third kappa shape index (κ3) is 12.7. The molecule has 2 unspecified atom stereocenters. The van der Waals surface area contributed by atoms with E-state index in [0.29, 0.717) is 0 Å². The van der Waals surface area contributed by atoms with E-state index in [0.717, 1.165) is 38.5 Å². The Balaban J connectivity index is 1.17. The summed E-state index contributed by atoms with van der Waals surface area (Å²) in [5, 5.41) is 18.9. The first-order valence-electron chi connectivity index (χ1n) is 26.7. The molecule has 0 aromatic rings. The van der Waals surface area contributed by atoms with Gasteiger partial charge in [0.25, 0.3) is 11.8 Å². The van der Waals surface area contributed by atoms with Gasteiger partial charge in [-0.15, -0.1) is 0 Å². The molecular formula is C54H87N9O10. The Hall–Kier alpha value is -5.10. The summed E-state index contributed by atoms with van der Waals surface area (Å²) in [4.78, 5) is 143. The van der Waals surface area contributed by atoms with Gasteiger partial charge in [0.1, 0.15) is 24.2 Å². The maximum atomic E-state index is 14.6. The van der Waals surface area contributed by atoms with Crippen LogP contribution in [0.1, 0.15) is 162 Å². The van der Waals surface area contributed by atoms with Gasteiger partial charge >= 0.3 is 12.1 Å². The lowest BCUT2D eigenvalue weighted by atomic mass is 9.79. The second-order valence-corrected chi connectivity index (χ2v) is 27.8. The highest BCUT2D eigenvalue weighted by Crippen LogP contribution is 2.66. The van der Waals surface area contributed by atoms with Crippen molar-refractivity contribution in [2.45, 2.75) is 209 Å². The van der Waals surface area contributed by atoms with Crippen molar-refractivity contribution in [1.82, 2.24) is 47.0 Å². The van der Waals surface area contributed by atoms with Crippen LogP contribution < -0.4 is 37.2 Å². The smallest absolute Gasteiger partial charge is 0.315 e. The van der Waals surface area contributed by atoms with E-state index in [1.54, 1.807) is 0 Å². The normalized spacial score (nSPS) is 26.7. The van der Waals surface area contributed by atoms with Gasteiger partial charge in [-0.25, -0.2) is 9.59 Å². The SMILES string of the molecule is CC(C)(C)NC(=O)N[C@H](C(=O)N1C[C@H]2[C@@H]([C@H]1C(=O)NC(CC1CCC1)C(=O)C(=O)NC(=O)C(=O)C(CC1CCC1)NC(=O)[C@@H]1[C@@H]3[C@H](CN1C(=O)[C@@H](NC(=O)NC(C)(C)C)C(C)(C)C)C3(C)C)C2(C)C)C(C)(C)C. The van der Waals surface area contributed by atoms with Crippen LogP contribution in [0.15, 0.2) is 0 Å². The fraction of sp³-hybridized carbons (Fsp3) is 0.815. The Morgan fingerprint density at radius 1 is 0.493 bits per heavy atom. The van der Waals surface area contributed by atoms with Gasteiger partial charge in [0.05, 0.1) is 12.1 Å². The van der Waals surface area contributed by atoms with E-state index in [2.05, 4.69) is 31.9 Å². The van der Waals surface area contributed by atoms with Crippen molar-refractivity contribution in [3.8, 4) is 0 Å². The van der Waals surface area contributed by atoms with Crippen molar-refractivity contribution in [3.63, 3.8) is 0 Å². The molecule has 4 aliphatic carbocycles. The number of fused-ring (bicyclic) bond motifs is 2. The highest BCUT2D eigenvalue weighted by molar-refractivity contribution is 6.48. The Kier molecular flexibility index (Phi) is 15.8. The second kappa shape index (κ2) is 20.2. The second-order valence-electron chi connectivity index (χ2n) is 27.8. The van der Waals surface area contributed by atoms with E-state index in [1.165, 1.54) is 9.80 Å². The lowest BCUT2D eigenvalue weighted by Crippen LogP contribution is -2.62. The molecule has 0 radical (unpaired) electrons. The summed E-state index contributed by atoms with van der Waals surface area (Å²) in [7, 11) is 0. The lowest BCUT2D eigenvalue weighted by Gasteiger charge is -2.38. The van der Waals surface area contributed by atoms with E-state index in [4.69, 9.17) is 0 Å². The molecule has 7 N–H and O–H groups in total. The Bertz CT molecular complexity index is 2090. The zero-order valence-corrected chi connectivity index (χ0v) is 46.5. The molecule has 2 saturated heterocycles. The number of rotatable bonds is 16. The van der Waals surface area contributed by atoms with E-state index in [-0.39, 0.29) is 72.3 Å². The fourth-order valence-corrected chi connectivity index (χ4v) is 11.9. The van der Waals surface area contributed by atoms with Crippen molar-refractivity contribution in [2.24, 2.45) is 57.2 Å². The number of urea groups is 2. The zero-order chi connectivity index (χ0) is 54.9. The number of likely N-dealkylation sites (tertiary alicyclic amines) is 2. The number of imide groups is 1. The van der Waals surface area contributed by atoms with Crippen LogP contribution in [-0.2, 0) is 38.4 Å². The monoisotopic (exact) mass is 1020 g/mol. The quantitative estimate of drug-likeness (QED) is 0.109.